The fourth-order valence-electron chi connectivity index (χ4n) is 3.04. The molecule has 0 bridgehead atoms. The van der Waals surface area contributed by atoms with Crippen LogP contribution in [0.4, 0.5) is 0 Å². The third-order valence-corrected chi connectivity index (χ3v) is 4.23. The minimum atomic E-state index is 0.533. The van der Waals surface area contributed by atoms with Gasteiger partial charge in [-0.25, -0.2) is 0 Å². The van der Waals surface area contributed by atoms with Gasteiger partial charge in [-0.05, 0) is 18.3 Å². The Morgan fingerprint density at radius 2 is 1.67 bits per heavy atom. The van der Waals surface area contributed by atoms with Gasteiger partial charge in [-0.2, -0.15) is 0 Å². The highest BCUT2D eigenvalue weighted by Crippen LogP contribution is 2.27. The molecule has 0 aromatic heterocycles. The maximum absolute atomic E-state index is 11.9. The summed E-state index contributed by atoms with van der Waals surface area (Å²) in [7, 11) is 0. The van der Waals surface area contributed by atoms with Gasteiger partial charge in [-0.3, -0.25) is 4.79 Å². The van der Waals surface area contributed by atoms with Crippen LogP contribution >= 0.6 is 0 Å². The molecule has 0 atom stereocenters. The summed E-state index contributed by atoms with van der Waals surface area (Å²) in [6.07, 6.45) is 14.8. The first-order valence-corrected chi connectivity index (χ1v) is 8.20. The van der Waals surface area contributed by atoms with Gasteiger partial charge in [0.15, 0.2) is 0 Å². The molecule has 0 unspecified atom stereocenters. The predicted octanol–water partition coefficient (Wildman–Crippen LogP) is 5.52. The number of carbonyl (C=O) groups is 1. The zero-order valence-electron chi connectivity index (χ0n) is 12.5. The lowest BCUT2D eigenvalue weighted by atomic mass is 9.85. The second kappa shape index (κ2) is 9.58. The van der Waals surface area contributed by atoms with E-state index in [2.05, 4.69) is 13.8 Å². The summed E-state index contributed by atoms with van der Waals surface area (Å²) in [5.41, 5.74) is 0. The van der Waals surface area contributed by atoms with Gasteiger partial charge in [0.05, 0.1) is 0 Å². The molecule has 106 valence electrons. The van der Waals surface area contributed by atoms with Crippen molar-refractivity contribution in [1.29, 1.82) is 0 Å². The minimum absolute atomic E-state index is 0.533. The average molecular weight is 252 g/mol. The Morgan fingerprint density at radius 1 is 1.00 bits per heavy atom. The van der Waals surface area contributed by atoms with E-state index < -0.39 is 0 Å². The smallest absolute Gasteiger partial charge is 0.133 e. The Labute approximate surface area is 114 Å². The first-order chi connectivity index (χ1) is 8.68. The van der Waals surface area contributed by atoms with E-state index in [-0.39, 0.29) is 0 Å². The lowest BCUT2D eigenvalue weighted by Crippen LogP contribution is -2.11. The minimum Gasteiger partial charge on any atom is -0.300 e. The quantitative estimate of drug-likeness (QED) is 0.494. The molecule has 1 rings (SSSR count). The van der Waals surface area contributed by atoms with Crippen LogP contribution in [0.1, 0.15) is 90.9 Å². The number of carbonyl (C=O) groups excluding carboxylic acids is 1. The van der Waals surface area contributed by atoms with Crippen molar-refractivity contribution in [2.24, 2.45) is 11.8 Å². The van der Waals surface area contributed by atoms with Crippen molar-refractivity contribution in [3.05, 3.63) is 0 Å². The topological polar surface area (TPSA) is 17.1 Å². The van der Waals surface area contributed by atoms with Gasteiger partial charge in [-0.15, -0.1) is 0 Å². The number of unbranched alkanes of at least 4 members (excludes halogenated alkanes) is 3. The number of hydrogen-bond donors (Lipinski definition) is 0. The average Bonchev–Trinajstić information content (AvgIpc) is 2.34. The molecule has 1 nitrogen and oxygen atoms in total. The molecular weight excluding hydrogens is 220 g/mol. The fourth-order valence-corrected chi connectivity index (χ4v) is 3.04. The van der Waals surface area contributed by atoms with Gasteiger partial charge >= 0.3 is 0 Å². The van der Waals surface area contributed by atoms with Crippen LogP contribution in [-0.4, -0.2) is 5.78 Å². The van der Waals surface area contributed by atoms with Crippen molar-refractivity contribution < 1.29 is 4.79 Å². The lowest BCUT2D eigenvalue weighted by Gasteiger charge is -2.20. The molecule has 1 fully saturated rings. The Kier molecular flexibility index (Phi) is 8.37. The molecule has 0 radical (unpaired) electrons. The normalized spacial score (nSPS) is 17.3. The third-order valence-electron chi connectivity index (χ3n) is 4.23. The van der Waals surface area contributed by atoms with Crippen LogP contribution in [0.5, 0.6) is 0 Å². The van der Waals surface area contributed by atoms with Crippen molar-refractivity contribution >= 4 is 5.78 Å². The molecule has 1 aliphatic carbocycles. The zero-order valence-corrected chi connectivity index (χ0v) is 12.5. The highest BCUT2D eigenvalue weighted by Gasteiger charge is 2.16. The highest BCUT2D eigenvalue weighted by atomic mass is 16.1. The van der Waals surface area contributed by atoms with E-state index in [0.29, 0.717) is 5.78 Å². The van der Waals surface area contributed by atoms with Crippen LogP contribution in [0.25, 0.3) is 0 Å². The monoisotopic (exact) mass is 252 g/mol. The number of ketones is 1. The van der Waals surface area contributed by atoms with Crippen molar-refractivity contribution in [2.45, 2.75) is 90.9 Å². The van der Waals surface area contributed by atoms with Crippen molar-refractivity contribution in [1.82, 2.24) is 0 Å². The summed E-state index contributed by atoms with van der Waals surface area (Å²) >= 11 is 0. The second-order valence-electron chi connectivity index (χ2n) is 6.59. The maximum Gasteiger partial charge on any atom is 0.133 e. The summed E-state index contributed by atoms with van der Waals surface area (Å²) in [5, 5.41) is 0. The van der Waals surface area contributed by atoms with E-state index in [1.165, 1.54) is 57.8 Å². The molecule has 0 aromatic rings. The number of hydrogen-bond acceptors (Lipinski definition) is 1. The molecular formula is C17H32O. The summed E-state index contributed by atoms with van der Waals surface area (Å²) in [4.78, 5) is 11.9. The molecule has 0 aromatic carbocycles. The molecule has 1 heteroatoms. The molecule has 18 heavy (non-hydrogen) atoms. The Bertz CT molecular complexity index is 214. The van der Waals surface area contributed by atoms with Gasteiger partial charge < -0.3 is 0 Å². The van der Waals surface area contributed by atoms with E-state index in [9.17, 15) is 4.79 Å². The van der Waals surface area contributed by atoms with Crippen LogP contribution in [0.15, 0.2) is 0 Å². The summed E-state index contributed by atoms with van der Waals surface area (Å²) in [6, 6.07) is 0. The summed E-state index contributed by atoms with van der Waals surface area (Å²) in [6.45, 7) is 4.57. The lowest BCUT2D eigenvalue weighted by molar-refractivity contribution is -0.120. The van der Waals surface area contributed by atoms with Gasteiger partial charge in [0.1, 0.15) is 5.78 Å². The van der Waals surface area contributed by atoms with E-state index in [1.54, 1.807) is 0 Å². The molecule has 0 aliphatic heterocycles. The van der Waals surface area contributed by atoms with E-state index in [1.807, 2.05) is 0 Å². The van der Waals surface area contributed by atoms with E-state index in [4.69, 9.17) is 0 Å². The molecule has 0 N–H and O–H groups in total. The van der Waals surface area contributed by atoms with Crippen molar-refractivity contribution in [3.63, 3.8) is 0 Å². The zero-order chi connectivity index (χ0) is 13.2. The SMILES string of the molecule is CC(C)CCCCCCC(=O)CC1CCCCC1. The number of Topliss-reactive ketones (excluding diaryl/α,β-unsaturated/α-hetero) is 1. The standard InChI is InChI=1S/C17H32O/c1-15(2)10-6-3-4-9-13-17(18)14-16-11-7-5-8-12-16/h15-16H,3-14H2,1-2H3. The van der Waals surface area contributed by atoms with Crippen LogP contribution < -0.4 is 0 Å². The molecule has 0 spiro atoms. The Balaban J connectivity index is 1.93. The summed E-state index contributed by atoms with van der Waals surface area (Å²) in [5.74, 6) is 2.09. The first kappa shape index (κ1) is 15.7. The maximum atomic E-state index is 11.9. The Hall–Kier alpha value is -0.330. The fraction of sp³-hybridized carbons (Fsp3) is 0.941. The summed E-state index contributed by atoms with van der Waals surface area (Å²) < 4.78 is 0. The second-order valence-corrected chi connectivity index (χ2v) is 6.59. The van der Waals surface area contributed by atoms with Crippen LogP contribution in [-0.2, 0) is 4.79 Å². The van der Waals surface area contributed by atoms with Gasteiger partial charge in [-0.1, -0.05) is 71.6 Å². The van der Waals surface area contributed by atoms with Gasteiger partial charge in [0.2, 0.25) is 0 Å². The van der Waals surface area contributed by atoms with Crippen LogP contribution in [0.2, 0.25) is 0 Å². The molecule has 1 saturated carbocycles. The van der Waals surface area contributed by atoms with Crippen LogP contribution in [0, 0.1) is 11.8 Å². The molecule has 1 aliphatic rings. The number of rotatable bonds is 9. The van der Waals surface area contributed by atoms with E-state index in [0.717, 1.165) is 31.1 Å². The predicted molar refractivity (Wildman–Crippen MR) is 78.7 cm³/mol. The third kappa shape index (κ3) is 7.89. The van der Waals surface area contributed by atoms with Gasteiger partial charge in [0.25, 0.3) is 0 Å². The molecule has 0 saturated heterocycles. The first-order valence-electron chi connectivity index (χ1n) is 8.20. The van der Waals surface area contributed by atoms with E-state index >= 15 is 0 Å². The largest absolute Gasteiger partial charge is 0.300 e. The Morgan fingerprint density at radius 3 is 2.33 bits per heavy atom. The molecule has 0 amide bonds. The van der Waals surface area contributed by atoms with Gasteiger partial charge in [0, 0.05) is 12.8 Å². The highest BCUT2D eigenvalue weighted by molar-refractivity contribution is 5.78. The van der Waals surface area contributed by atoms with Crippen molar-refractivity contribution in [2.75, 3.05) is 0 Å². The van der Waals surface area contributed by atoms with Crippen LogP contribution in [0.3, 0.4) is 0 Å². The van der Waals surface area contributed by atoms with Crippen molar-refractivity contribution in [3.8, 4) is 0 Å². The molecule has 0 heterocycles.